The molecule has 8 heteroatoms. The number of aromatic nitrogens is 2. The largest absolute Gasteiger partial charge is 0.393 e. The number of rotatable bonds is 5. The smallest absolute Gasteiger partial charge is 0.293 e. The van der Waals surface area contributed by atoms with Gasteiger partial charge < -0.3 is 14.7 Å². The van der Waals surface area contributed by atoms with Gasteiger partial charge in [0.25, 0.3) is 5.69 Å². The highest BCUT2D eigenvalue weighted by Crippen LogP contribution is 2.35. The van der Waals surface area contributed by atoms with Crippen LogP contribution >= 0.6 is 0 Å². The van der Waals surface area contributed by atoms with Crippen LogP contribution in [0.2, 0.25) is 0 Å². The molecule has 2 aromatic rings. The van der Waals surface area contributed by atoms with E-state index in [4.69, 9.17) is 4.74 Å². The highest BCUT2D eigenvalue weighted by molar-refractivity contribution is 5.90. The van der Waals surface area contributed by atoms with Crippen molar-refractivity contribution in [1.29, 1.82) is 0 Å². The predicted molar refractivity (Wildman–Crippen MR) is 90.5 cm³/mol. The van der Waals surface area contributed by atoms with Gasteiger partial charge in [0.2, 0.25) is 0 Å². The van der Waals surface area contributed by atoms with Crippen molar-refractivity contribution < 1.29 is 14.8 Å². The van der Waals surface area contributed by atoms with Crippen molar-refractivity contribution in [3.05, 3.63) is 27.9 Å². The lowest BCUT2D eigenvalue weighted by Crippen LogP contribution is -2.36. The van der Waals surface area contributed by atoms with Gasteiger partial charge in [-0.15, -0.1) is 0 Å². The van der Waals surface area contributed by atoms with Gasteiger partial charge in [-0.1, -0.05) is 0 Å². The minimum Gasteiger partial charge on any atom is -0.393 e. The van der Waals surface area contributed by atoms with Crippen molar-refractivity contribution in [1.82, 2.24) is 9.78 Å². The lowest BCUT2D eigenvalue weighted by Gasteiger charge is -2.31. The number of hydrogen-bond acceptors (Lipinski definition) is 6. The summed E-state index contributed by atoms with van der Waals surface area (Å²) in [6.45, 7) is 4.19. The van der Waals surface area contributed by atoms with E-state index in [9.17, 15) is 15.2 Å². The van der Waals surface area contributed by atoms with Gasteiger partial charge in [0, 0.05) is 31.7 Å². The Morgan fingerprint density at radius 2 is 2.12 bits per heavy atom. The van der Waals surface area contributed by atoms with E-state index in [1.807, 2.05) is 22.6 Å². The number of aliphatic hydroxyl groups is 1. The summed E-state index contributed by atoms with van der Waals surface area (Å²) in [7, 11) is 1.63. The zero-order chi connectivity index (χ0) is 17.3. The van der Waals surface area contributed by atoms with Gasteiger partial charge >= 0.3 is 0 Å². The number of aliphatic hydroxyl groups excluding tert-OH is 1. The number of hydrogen-bond donors (Lipinski definition) is 1. The first-order valence-electron chi connectivity index (χ1n) is 8.08. The Labute approximate surface area is 139 Å². The molecule has 1 fully saturated rings. The Morgan fingerprint density at radius 1 is 1.42 bits per heavy atom. The van der Waals surface area contributed by atoms with Gasteiger partial charge in [-0.25, -0.2) is 0 Å². The highest BCUT2D eigenvalue weighted by Gasteiger charge is 2.26. The molecule has 0 bridgehead atoms. The summed E-state index contributed by atoms with van der Waals surface area (Å²) >= 11 is 0. The summed E-state index contributed by atoms with van der Waals surface area (Å²) in [6.07, 6.45) is 0.924. The minimum atomic E-state index is -0.342. The Balaban J connectivity index is 2.08. The molecule has 8 nitrogen and oxygen atoms in total. The molecule has 1 aliphatic heterocycles. The quantitative estimate of drug-likeness (QED) is 0.662. The molecular formula is C16H22N4O4. The molecule has 0 radical (unpaired) electrons. The van der Waals surface area contributed by atoms with Gasteiger partial charge in [-0.05, 0) is 25.8 Å². The fraction of sp³-hybridized carbons (Fsp3) is 0.562. The normalized spacial score (nSPS) is 16.0. The molecule has 0 aliphatic carbocycles. The van der Waals surface area contributed by atoms with Gasteiger partial charge in [-0.2, -0.15) is 5.10 Å². The number of nitrogens with zero attached hydrogens (tertiary/aromatic N) is 4. The molecule has 3 rings (SSSR count). The summed E-state index contributed by atoms with van der Waals surface area (Å²) in [6, 6.07) is 3.46. The van der Waals surface area contributed by atoms with E-state index in [2.05, 4.69) is 5.10 Å². The number of methoxy groups -OCH3 is 1. The zero-order valence-corrected chi connectivity index (χ0v) is 13.9. The van der Waals surface area contributed by atoms with Crippen LogP contribution in [0, 0.1) is 17.0 Å². The van der Waals surface area contributed by atoms with Gasteiger partial charge in [-0.3, -0.25) is 14.8 Å². The van der Waals surface area contributed by atoms with Crippen LogP contribution in [0.3, 0.4) is 0 Å². The maximum atomic E-state index is 11.5. The lowest BCUT2D eigenvalue weighted by molar-refractivity contribution is -0.384. The Hall–Kier alpha value is -2.19. The third-order valence-electron chi connectivity index (χ3n) is 4.54. The Bertz CT molecular complexity index is 750. The molecule has 0 saturated carbocycles. The van der Waals surface area contributed by atoms with Crippen LogP contribution in [0.15, 0.2) is 12.1 Å². The first-order chi connectivity index (χ1) is 11.5. The number of anilines is 1. The van der Waals surface area contributed by atoms with E-state index in [1.165, 1.54) is 0 Å². The third-order valence-corrected chi connectivity index (χ3v) is 4.54. The van der Waals surface area contributed by atoms with Crippen molar-refractivity contribution in [2.24, 2.45) is 0 Å². The van der Waals surface area contributed by atoms with Crippen molar-refractivity contribution in [3.8, 4) is 0 Å². The fourth-order valence-corrected chi connectivity index (χ4v) is 3.21. The zero-order valence-electron chi connectivity index (χ0n) is 13.9. The number of aryl methyl sites for hydroxylation is 1. The Morgan fingerprint density at radius 3 is 2.75 bits per heavy atom. The maximum Gasteiger partial charge on any atom is 0.293 e. The van der Waals surface area contributed by atoms with Crippen molar-refractivity contribution >= 4 is 22.3 Å². The molecular weight excluding hydrogens is 312 g/mol. The molecule has 1 N–H and O–H groups in total. The second kappa shape index (κ2) is 6.74. The molecule has 24 heavy (non-hydrogen) atoms. The standard InChI is InChI=1S/C16H22N4O4/c1-11-13-9-16(20(22)23)15(18-5-3-12(21)4-6-18)10-14(13)19(17-11)7-8-24-2/h9-10,12,21H,3-8H2,1-2H3. The van der Waals surface area contributed by atoms with E-state index >= 15 is 0 Å². The van der Waals surface area contributed by atoms with Crippen molar-refractivity contribution in [2.45, 2.75) is 32.4 Å². The fourth-order valence-electron chi connectivity index (χ4n) is 3.21. The van der Waals surface area contributed by atoms with Crippen LogP contribution in [0.4, 0.5) is 11.4 Å². The van der Waals surface area contributed by atoms with Crippen LogP contribution in [0.5, 0.6) is 0 Å². The van der Waals surface area contributed by atoms with E-state index in [1.54, 1.807) is 13.2 Å². The van der Waals surface area contributed by atoms with Gasteiger partial charge in [0.15, 0.2) is 0 Å². The highest BCUT2D eigenvalue weighted by atomic mass is 16.6. The number of ether oxygens (including phenoxy) is 1. The summed E-state index contributed by atoms with van der Waals surface area (Å²) < 4.78 is 6.95. The molecule has 1 saturated heterocycles. The summed E-state index contributed by atoms with van der Waals surface area (Å²) in [5.74, 6) is 0. The van der Waals surface area contributed by atoms with Crippen LogP contribution in [-0.2, 0) is 11.3 Å². The SMILES string of the molecule is COCCn1nc(C)c2cc([N+](=O)[O-])c(N3CCC(O)CC3)cc21. The van der Waals surface area contributed by atoms with Crippen LogP contribution in [-0.4, -0.2) is 52.7 Å². The van der Waals surface area contributed by atoms with E-state index in [0.29, 0.717) is 44.8 Å². The number of nitro benzene ring substituents is 1. The monoisotopic (exact) mass is 334 g/mol. The van der Waals surface area contributed by atoms with Gasteiger partial charge in [0.05, 0.1) is 35.4 Å². The summed E-state index contributed by atoms with van der Waals surface area (Å²) in [5, 5.41) is 26.5. The molecule has 2 heterocycles. The topological polar surface area (TPSA) is 93.7 Å². The second-order valence-electron chi connectivity index (χ2n) is 6.13. The molecule has 1 aliphatic rings. The number of piperidine rings is 1. The molecule has 0 unspecified atom stereocenters. The first kappa shape index (κ1) is 16.7. The Kier molecular flexibility index (Phi) is 4.68. The number of fused-ring (bicyclic) bond motifs is 1. The molecule has 0 amide bonds. The average molecular weight is 334 g/mol. The minimum absolute atomic E-state index is 0.0910. The molecule has 1 aromatic carbocycles. The number of nitro groups is 1. The number of benzene rings is 1. The third kappa shape index (κ3) is 3.07. The van der Waals surface area contributed by atoms with Crippen LogP contribution < -0.4 is 4.90 Å². The summed E-state index contributed by atoms with van der Waals surface area (Å²) in [4.78, 5) is 13.2. The molecule has 0 atom stereocenters. The van der Waals surface area contributed by atoms with Gasteiger partial charge in [0.1, 0.15) is 5.69 Å². The maximum absolute atomic E-state index is 11.5. The van der Waals surface area contributed by atoms with Crippen molar-refractivity contribution in [2.75, 3.05) is 31.7 Å². The predicted octanol–water partition coefficient (Wildman–Crippen LogP) is 1.86. The first-order valence-corrected chi connectivity index (χ1v) is 8.08. The van der Waals surface area contributed by atoms with E-state index in [0.717, 1.165) is 16.6 Å². The molecule has 1 aromatic heterocycles. The second-order valence-corrected chi connectivity index (χ2v) is 6.13. The van der Waals surface area contributed by atoms with E-state index < -0.39 is 0 Å². The van der Waals surface area contributed by atoms with Crippen LogP contribution in [0.1, 0.15) is 18.5 Å². The summed E-state index contributed by atoms with van der Waals surface area (Å²) in [5.41, 5.74) is 2.33. The van der Waals surface area contributed by atoms with Crippen molar-refractivity contribution in [3.63, 3.8) is 0 Å². The molecule has 0 spiro atoms. The van der Waals surface area contributed by atoms with E-state index in [-0.39, 0.29) is 16.7 Å². The lowest BCUT2D eigenvalue weighted by atomic mass is 10.1. The average Bonchev–Trinajstić information content (AvgIpc) is 2.88. The van der Waals surface area contributed by atoms with Crippen LogP contribution in [0.25, 0.3) is 10.9 Å². The molecule has 130 valence electrons.